The third kappa shape index (κ3) is 7.85. The van der Waals surface area contributed by atoms with E-state index in [9.17, 15) is 18.0 Å². The van der Waals surface area contributed by atoms with E-state index in [4.69, 9.17) is 4.74 Å². The van der Waals surface area contributed by atoms with E-state index in [1.807, 2.05) is 45.9 Å². The Morgan fingerprint density at radius 2 is 1.50 bits per heavy atom. The Hall–Kier alpha value is -3.85. The Morgan fingerprint density at radius 1 is 0.900 bits per heavy atom. The van der Waals surface area contributed by atoms with Crippen LogP contribution in [0.2, 0.25) is 0 Å². The molecule has 1 atom stereocenters. The first kappa shape index (κ1) is 30.7. The molecule has 214 valence electrons. The summed E-state index contributed by atoms with van der Waals surface area (Å²) in [6.07, 6.45) is 0. The quantitative estimate of drug-likeness (QED) is 0.344. The van der Waals surface area contributed by atoms with Crippen LogP contribution in [0.4, 0.5) is 5.69 Å². The molecule has 40 heavy (non-hydrogen) atoms. The largest absolute Gasteiger partial charge is 0.497 e. The maximum atomic E-state index is 14.0. The lowest BCUT2D eigenvalue weighted by Gasteiger charge is -2.32. The number of carbonyl (C=O) groups excluding carboxylic acids is 2. The average molecular weight is 566 g/mol. The second-order valence-electron chi connectivity index (χ2n) is 10.4. The third-order valence-electron chi connectivity index (χ3n) is 6.47. The smallest absolute Gasteiger partial charge is 0.264 e. The monoisotopic (exact) mass is 565 g/mol. The zero-order chi connectivity index (χ0) is 29.4. The second-order valence-corrected chi connectivity index (χ2v) is 12.2. The van der Waals surface area contributed by atoms with Crippen molar-refractivity contribution in [1.82, 2.24) is 10.2 Å². The standard InChI is InChI=1S/C31H39N3O5S/c1-22(2)19-32-31(36)25(5)33(20-26-12-14-28(39-6)15-13-26)30(35)21-34(27-17-23(3)16-24(4)18-27)40(37,38)29-10-8-7-9-11-29/h7-18,22,25H,19-21H2,1-6H3,(H,32,36)/t25-/m1/s1. The van der Waals surface area contributed by atoms with Gasteiger partial charge in [0.15, 0.2) is 0 Å². The number of anilines is 1. The Bertz CT molecular complexity index is 1390. The lowest BCUT2D eigenvalue weighted by atomic mass is 10.1. The van der Waals surface area contributed by atoms with Gasteiger partial charge in [0.25, 0.3) is 10.0 Å². The molecule has 0 radical (unpaired) electrons. The molecule has 1 N–H and O–H groups in total. The summed E-state index contributed by atoms with van der Waals surface area (Å²) in [5.41, 5.74) is 2.90. The summed E-state index contributed by atoms with van der Waals surface area (Å²) in [6.45, 7) is 9.49. The summed E-state index contributed by atoms with van der Waals surface area (Å²) in [4.78, 5) is 28.6. The van der Waals surface area contributed by atoms with Gasteiger partial charge in [0.05, 0.1) is 17.7 Å². The van der Waals surface area contributed by atoms with Crippen LogP contribution >= 0.6 is 0 Å². The number of ether oxygens (including phenoxy) is 1. The van der Waals surface area contributed by atoms with Crippen LogP contribution in [0, 0.1) is 19.8 Å². The fraction of sp³-hybridized carbons (Fsp3) is 0.355. The van der Waals surface area contributed by atoms with Crippen molar-refractivity contribution in [1.29, 1.82) is 0 Å². The van der Waals surface area contributed by atoms with Gasteiger partial charge in [0, 0.05) is 13.1 Å². The molecule has 0 aliphatic carbocycles. The normalized spacial score (nSPS) is 12.1. The molecule has 3 aromatic rings. The van der Waals surface area contributed by atoms with E-state index < -0.39 is 28.5 Å². The van der Waals surface area contributed by atoms with Crippen molar-refractivity contribution in [3.05, 3.63) is 89.5 Å². The number of nitrogens with zero attached hydrogens (tertiary/aromatic N) is 2. The molecule has 0 spiro atoms. The van der Waals surface area contributed by atoms with E-state index in [1.54, 1.807) is 56.5 Å². The molecule has 0 fully saturated rings. The summed E-state index contributed by atoms with van der Waals surface area (Å²) in [5, 5.41) is 2.89. The second kappa shape index (κ2) is 13.5. The topological polar surface area (TPSA) is 96.0 Å². The first-order chi connectivity index (χ1) is 18.9. The van der Waals surface area contributed by atoms with E-state index in [2.05, 4.69) is 5.32 Å². The molecule has 0 aromatic heterocycles. The highest BCUT2D eigenvalue weighted by atomic mass is 32.2. The van der Waals surface area contributed by atoms with E-state index in [1.165, 1.54) is 17.0 Å². The van der Waals surface area contributed by atoms with Gasteiger partial charge in [-0.1, -0.05) is 50.2 Å². The molecular weight excluding hydrogens is 526 g/mol. The molecular formula is C31H39N3O5S. The minimum Gasteiger partial charge on any atom is -0.497 e. The number of hydrogen-bond acceptors (Lipinski definition) is 5. The fourth-order valence-electron chi connectivity index (χ4n) is 4.31. The highest BCUT2D eigenvalue weighted by Gasteiger charge is 2.32. The predicted molar refractivity (Wildman–Crippen MR) is 158 cm³/mol. The number of hydrogen-bond donors (Lipinski definition) is 1. The fourth-order valence-corrected chi connectivity index (χ4v) is 5.72. The number of methoxy groups -OCH3 is 1. The van der Waals surface area contributed by atoms with Gasteiger partial charge in [0.1, 0.15) is 18.3 Å². The van der Waals surface area contributed by atoms with Crippen LogP contribution in [0.5, 0.6) is 5.75 Å². The Morgan fingerprint density at radius 3 is 2.05 bits per heavy atom. The Labute approximate surface area is 238 Å². The lowest BCUT2D eigenvalue weighted by Crippen LogP contribution is -2.51. The number of carbonyl (C=O) groups is 2. The zero-order valence-corrected chi connectivity index (χ0v) is 24.9. The van der Waals surface area contributed by atoms with Gasteiger partial charge in [-0.25, -0.2) is 8.42 Å². The molecule has 0 saturated carbocycles. The summed E-state index contributed by atoms with van der Waals surface area (Å²) in [5.74, 6) is 0.0957. The van der Waals surface area contributed by atoms with E-state index in [-0.39, 0.29) is 23.3 Å². The molecule has 3 rings (SSSR count). The first-order valence-corrected chi connectivity index (χ1v) is 14.7. The van der Waals surface area contributed by atoms with Crippen LogP contribution in [0.1, 0.15) is 37.5 Å². The summed E-state index contributed by atoms with van der Waals surface area (Å²) >= 11 is 0. The highest BCUT2D eigenvalue weighted by molar-refractivity contribution is 7.92. The number of benzene rings is 3. The molecule has 3 aromatic carbocycles. The molecule has 0 aliphatic heterocycles. The van der Waals surface area contributed by atoms with Crippen molar-refractivity contribution in [2.75, 3.05) is 24.5 Å². The van der Waals surface area contributed by atoms with Gasteiger partial charge in [-0.05, 0) is 79.8 Å². The summed E-state index contributed by atoms with van der Waals surface area (Å²) in [7, 11) is -2.53. The number of aryl methyl sites for hydroxylation is 2. The molecule has 0 heterocycles. The van der Waals surface area contributed by atoms with Crippen LogP contribution in [0.25, 0.3) is 0 Å². The van der Waals surface area contributed by atoms with Gasteiger partial charge in [-0.3, -0.25) is 13.9 Å². The molecule has 0 bridgehead atoms. The highest BCUT2D eigenvalue weighted by Crippen LogP contribution is 2.27. The summed E-state index contributed by atoms with van der Waals surface area (Å²) in [6, 6.07) is 19.8. The van der Waals surface area contributed by atoms with Crippen molar-refractivity contribution >= 4 is 27.5 Å². The van der Waals surface area contributed by atoms with Crippen molar-refractivity contribution in [2.24, 2.45) is 5.92 Å². The zero-order valence-electron chi connectivity index (χ0n) is 24.0. The minimum atomic E-state index is -4.10. The first-order valence-electron chi connectivity index (χ1n) is 13.3. The Balaban J connectivity index is 2.02. The van der Waals surface area contributed by atoms with Gasteiger partial charge in [0.2, 0.25) is 11.8 Å². The van der Waals surface area contributed by atoms with Gasteiger partial charge >= 0.3 is 0 Å². The van der Waals surface area contributed by atoms with Crippen LogP contribution in [-0.4, -0.2) is 51.4 Å². The number of amides is 2. The predicted octanol–water partition coefficient (Wildman–Crippen LogP) is 4.70. The molecule has 8 nitrogen and oxygen atoms in total. The van der Waals surface area contributed by atoms with Crippen molar-refractivity contribution < 1.29 is 22.7 Å². The van der Waals surface area contributed by atoms with E-state index >= 15 is 0 Å². The number of rotatable bonds is 12. The van der Waals surface area contributed by atoms with Gasteiger partial charge in [-0.2, -0.15) is 0 Å². The van der Waals surface area contributed by atoms with Crippen molar-refractivity contribution in [3.63, 3.8) is 0 Å². The maximum Gasteiger partial charge on any atom is 0.264 e. The van der Waals surface area contributed by atoms with E-state index in [0.717, 1.165) is 21.0 Å². The van der Waals surface area contributed by atoms with E-state index in [0.29, 0.717) is 18.0 Å². The van der Waals surface area contributed by atoms with Crippen LogP contribution < -0.4 is 14.4 Å². The maximum absolute atomic E-state index is 14.0. The summed E-state index contributed by atoms with van der Waals surface area (Å²) < 4.78 is 34.1. The number of nitrogens with one attached hydrogen (secondary N) is 1. The van der Waals surface area contributed by atoms with Crippen LogP contribution in [0.3, 0.4) is 0 Å². The van der Waals surface area contributed by atoms with Gasteiger partial charge < -0.3 is 15.0 Å². The molecule has 9 heteroatoms. The SMILES string of the molecule is COc1ccc(CN(C(=O)CN(c2cc(C)cc(C)c2)S(=O)(=O)c2ccccc2)[C@H](C)C(=O)NCC(C)C)cc1. The molecule has 2 amide bonds. The lowest BCUT2D eigenvalue weighted by molar-refractivity contribution is -0.139. The molecule has 0 saturated heterocycles. The minimum absolute atomic E-state index is 0.0754. The van der Waals surface area contributed by atoms with Gasteiger partial charge in [-0.15, -0.1) is 0 Å². The van der Waals surface area contributed by atoms with Crippen molar-refractivity contribution in [2.45, 2.75) is 52.1 Å². The Kier molecular flexibility index (Phi) is 10.3. The molecule has 0 aliphatic rings. The molecule has 0 unspecified atom stereocenters. The third-order valence-corrected chi connectivity index (χ3v) is 8.26. The number of sulfonamides is 1. The van der Waals surface area contributed by atoms with Crippen LogP contribution in [-0.2, 0) is 26.2 Å². The van der Waals surface area contributed by atoms with Crippen LogP contribution in [0.15, 0.2) is 77.7 Å². The average Bonchev–Trinajstić information content (AvgIpc) is 2.92. The van der Waals surface area contributed by atoms with Crippen molar-refractivity contribution in [3.8, 4) is 5.75 Å².